The third-order valence-corrected chi connectivity index (χ3v) is 4.86. The van der Waals surface area contributed by atoms with E-state index >= 15 is 0 Å². The van der Waals surface area contributed by atoms with Crippen LogP contribution >= 0.6 is 46.4 Å². The lowest BCUT2D eigenvalue weighted by atomic mass is 10.0. The van der Waals surface area contributed by atoms with Crippen LogP contribution in [0.15, 0.2) is 47.5 Å². The molecule has 0 fully saturated rings. The van der Waals surface area contributed by atoms with Gasteiger partial charge in [0.2, 0.25) is 0 Å². The summed E-state index contributed by atoms with van der Waals surface area (Å²) in [6.07, 6.45) is 0. The van der Waals surface area contributed by atoms with Crippen LogP contribution in [0.25, 0.3) is 11.4 Å². The summed E-state index contributed by atoms with van der Waals surface area (Å²) in [6, 6.07) is 9.64. The molecule has 0 aliphatic carbocycles. The molecule has 2 heterocycles. The molecule has 26 heavy (non-hydrogen) atoms. The Balaban J connectivity index is 1.93. The van der Waals surface area contributed by atoms with Gasteiger partial charge in [0.25, 0.3) is 11.8 Å². The standard InChI is InChI=1S/C18H8Cl4N2O2/c19-9-1-7(2-10(20)5-9)15-13-14(18(26)23-15)16(24-17(13)25)8-3-11(21)6-12(22)4-8/h1-6H,(H,23,26)(H,24,25). The van der Waals surface area contributed by atoms with Gasteiger partial charge >= 0.3 is 0 Å². The molecule has 2 N–H and O–H groups in total. The summed E-state index contributed by atoms with van der Waals surface area (Å²) in [5.41, 5.74) is 2.27. The van der Waals surface area contributed by atoms with E-state index in [1.807, 2.05) is 0 Å². The van der Waals surface area contributed by atoms with Crippen molar-refractivity contribution in [1.82, 2.24) is 10.6 Å². The number of rotatable bonds is 2. The molecule has 8 heteroatoms. The Morgan fingerprint density at radius 2 is 0.846 bits per heavy atom. The summed E-state index contributed by atoms with van der Waals surface area (Å²) < 4.78 is 0. The molecule has 2 amide bonds. The lowest BCUT2D eigenvalue weighted by Crippen LogP contribution is -2.21. The van der Waals surface area contributed by atoms with Crippen molar-refractivity contribution in [3.8, 4) is 0 Å². The third-order valence-electron chi connectivity index (χ3n) is 3.98. The van der Waals surface area contributed by atoms with Crippen LogP contribution in [0.2, 0.25) is 20.1 Å². The second kappa shape index (κ2) is 6.32. The van der Waals surface area contributed by atoms with Gasteiger partial charge in [-0.2, -0.15) is 0 Å². The quantitative estimate of drug-likeness (QED) is 0.733. The molecule has 130 valence electrons. The van der Waals surface area contributed by atoms with E-state index in [0.29, 0.717) is 42.6 Å². The molecule has 0 saturated heterocycles. The van der Waals surface area contributed by atoms with Gasteiger partial charge in [-0.3, -0.25) is 9.59 Å². The Kier molecular flexibility index (Phi) is 4.24. The normalized spacial score (nSPS) is 16.2. The minimum absolute atomic E-state index is 0.236. The highest BCUT2D eigenvalue weighted by Gasteiger charge is 2.41. The molecule has 0 aromatic heterocycles. The highest BCUT2D eigenvalue weighted by Crippen LogP contribution is 2.39. The maximum absolute atomic E-state index is 12.6. The Bertz CT molecular complexity index is 947. The van der Waals surface area contributed by atoms with Gasteiger partial charge in [-0.05, 0) is 36.4 Å². The molecule has 0 atom stereocenters. The van der Waals surface area contributed by atoms with Crippen LogP contribution in [0.3, 0.4) is 0 Å². The summed E-state index contributed by atoms with van der Waals surface area (Å²) in [6.45, 7) is 0. The number of carbonyl (C=O) groups is 2. The molecule has 0 bridgehead atoms. The highest BCUT2D eigenvalue weighted by molar-refractivity contribution is 6.36. The molecule has 0 radical (unpaired) electrons. The number of nitrogens with one attached hydrogen (secondary N) is 2. The smallest absolute Gasteiger partial charge is 0.258 e. The van der Waals surface area contributed by atoms with E-state index in [0.717, 1.165) is 0 Å². The molecule has 2 aromatic rings. The predicted molar refractivity (Wildman–Crippen MR) is 103 cm³/mol. The number of halogens is 4. The fourth-order valence-electron chi connectivity index (χ4n) is 3.01. The van der Waals surface area contributed by atoms with Crippen LogP contribution in [-0.2, 0) is 9.59 Å². The lowest BCUT2D eigenvalue weighted by molar-refractivity contribution is -0.117. The zero-order chi connectivity index (χ0) is 18.6. The Morgan fingerprint density at radius 3 is 1.15 bits per heavy atom. The van der Waals surface area contributed by atoms with Crippen LogP contribution in [0.5, 0.6) is 0 Å². The third kappa shape index (κ3) is 2.89. The molecule has 2 aliphatic heterocycles. The Morgan fingerprint density at radius 1 is 0.538 bits per heavy atom. The van der Waals surface area contributed by atoms with Gasteiger partial charge in [-0.1, -0.05) is 46.4 Å². The van der Waals surface area contributed by atoms with Crippen LogP contribution in [0.1, 0.15) is 11.1 Å². The van der Waals surface area contributed by atoms with Crippen molar-refractivity contribution in [3.63, 3.8) is 0 Å². The lowest BCUT2D eigenvalue weighted by Gasteiger charge is -2.08. The van der Waals surface area contributed by atoms with Crippen molar-refractivity contribution in [2.75, 3.05) is 0 Å². The maximum Gasteiger partial charge on any atom is 0.258 e. The van der Waals surface area contributed by atoms with Crippen molar-refractivity contribution in [3.05, 3.63) is 78.8 Å². The van der Waals surface area contributed by atoms with Gasteiger partial charge in [0, 0.05) is 31.2 Å². The van der Waals surface area contributed by atoms with Crippen LogP contribution < -0.4 is 10.6 Å². The van der Waals surface area contributed by atoms with E-state index in [4.69, 9.17) is 46.4 Å². The fourth-order valence-corrected chi connectivity index (χ4v) is 4.06. The second-order valence-corrected chi connectivity index (χ2v) is 7.47. The minimum Gasteiger partial charge on any atom is -0.321 e. The molecule has 0 unspecified atom stereocenters. The molecule has 2 aromatic carbocycles. The monoisotopic (exact) mass is 424 g/mol. The SMILES string of the molecule is O=C1NC(c2cc(Cl)cc(Cl)c2)=C2C(=O)NC(c3cc(Cl)cc(Cl)c3)=C12. The van der Waals surface area contributed by atoms with Gasteiger partial charge in [-0.25, -0.2) is 0 Å². The Hall–Kier alpha value is -1.98. The van der Waals surface area contributed by atoms with Crippen molar-refractivity contribution in [2.45, 2.75) is 0 Å². The van der Waals surface area contributed by atoms with Crippen molar-refractivity contribution >= 4 is 69.6 Å². The largest absolute Gasteiger partial charge is 0.321 e. The maximum atomic E-state index is 12.6. The molecule has 0 saturated carbocycles. The molecule has 0 spiro atoms. The summed E-state index contributed by atoms with van der Waals surface area (Å²) in [5, 5.41) is 7.03. The van der Waals surface area contributed by atoms with E-state index < -0.39 is 11.8 Å². The molecular weight excluding hydrogens is 418 g/mol. The van der Waals surface area contributed by atoms with E-state index in [2.05, 4.69) is 10.6 Å². The zero-order valence-corrected chi connectivity index (χ0v) is 15.8. The number of benzene rings is 2. The first-order valence-electron chi connectivity index (χ1n) is 7.38. The summed E-state index contributed by atoms with van der Waals surface area (Å²) >= 11 is 24.2. The van der Waals surface area contributed by atoms with Crippen LogP contribution in [0.4, 0.5) is 0 Å². The summed E-state index contributed by atoms with van der Waals surface area (Å²) in [4.78, 5) is 25.1. The second-order valence-electron chi connectivity index (χ2n) is 5.72. The van der Waals surface area contributed by atoms with Crippen molar-refractivity contribution in [1.29, 1.82) is 0 Å². The first-order chi connectivity index (χ1) is 12.3. The number of hydrogen-bond acceptors (Lipinski definition) is 2. The molecule has 4 nitrogen and oxygen atoms in total. The number of amides is 2. The minimum atomic E-state index is -0.407. The van der Waals surface area contributed by atoms with Crippen LogP contribution in [-0.4, -0.2) is 11.8 Å². The van der Waals surface area contributed by atoms with Gasteiger partial charge in [0.05, 0.1) is 22.5 Å². The van der Waals surface area contributed by atoms with Crippen LogP contribution in [0, 0.1) is 0 Å². The summed E-state index contributed by atoms with van der Waals surface area (Å²) in [7, 11) is 0. The van der Waals surface area contributed by atoms with Crippen molar-refractivity contribution in [2.24, 2.45) is 0 Å². The Labute approximate surface area is 168 Å². The zero-order valence-electron chi connectivity index (χ0n) is 12.8. The average molecular weight is 426 g/mol. The topological polar surface area (TPSA) is 58.2 Å². The highest BCUT2D eigenvalue weighted by atomic mass is 35.5. The molecular formula is C18H8Cl4N2O2. The number of carbonyl (C=O) groups excluding carboxylic acids is 2. The van der Waals surface area contributed by atoms with Gasteiger partial charge < -0.3 is 10.6 Å². The fraction of sp³-hybridized carbons (Fsp3) is 0. The number of hydrogen-bond donors (Lipinski definition) is 2. The molecule has 4 rings (SSSR count). The van der Waals surface area contributed by atoms with E-state index in [1.165, 1.54) is 0 Å². The van der Waals surface area contributed by atoms with E-state index in [1.54, 1.807) is 36.4 Å². The van der Waals surface area contributed by atoms with Gasteiger partial charge in [0.15, 0.2) is 0 Å². The molecule has 2 aliphatic rings. The average Bonchev–Trinajstić information content (AvgIpc) is 3.05. The van der Waals surface area contributed by atoms with Gasteiger partial charge in [-0.15, -0.1) is 0 Å². The van der Waals surface area contributed by atoms with Crippen molar-refractivity contribution < 1.29 is 9.59 Å². The predicted octanol–water partition coefficient (Wildman–Crippen LogP) is 4.68. The first-order valence-corrected chi connectivity index (χ1v) is 8.89. The first kappa shape index (κ1) is 17.4. The number of fused-ring (bicyclic) bond motifs is 1. The summed E-state index contributed by atoms with van der Waals surface area (Å²) in [5.74, 6) is -0.814. The van der Waals surface area contributed by atoms with E-state index in [-0.39, 0.29) is 11.1 Å². The van der Waals surface area contributed by atoms with E-state index in [9.17, 15) is 9.59 Å². The van der Waals surface area contributed by atoms with Gasteiger partial charge in [0.1, 0.15) is 0 Å².